The molecular formula is C30H36FN3O4S. The molecule has 0 radical (unpaired) electrons. The Morgan fingerprint density at radius 3 is 2.18 bits per heavy atom. The molecule has 0 spiro atoms. The highest BCUT2D eigenvalue weighted by Crippen LogP contribution is 2.23. The average Bonchev–Trinajstić information content (AvgIpc) is 2.91. The predicted molar refractivity (Wildman–Crippen MR) is 152 cm³/mol. The minimum absolute atomic E-state index is 0.0761. The topological polar surface area (TPSA) is 86.8 Å². The van der Waals surface area contributed by atoms with Crippen LogP contribution < -0.4 is 9.62 Å². The second-order valence-electron chi connectivity index (χ2n) is 9.58. The van der Waals surface area contributed by atoms with Gasteiger partial charge in [0.1, 0.15) is 18.4 Å². The minimum Gasteiger partial charge on any atom is -0.354 e. The molecule has 0 aliphatic rings. The van der Waals surface area contributed by atoms with E-state index in [1.165, 1.54) is 23.1 Å². The van der Waals surface area contributed by atoms with Crippen LogP contribution in [0.4, 0.5) is 10.1 Å². The van der Waals surface area contributed by atoms with Gasteiger partial charge in [0.15, 0.2) is 0 Å². The van der Waals surface area contributed by atoms with E-state index in [1.54, 1.807) is 0 Å². The fraction of sp³-hybridized carbons (Fsp3) is 0.333. The van der Waals surface area contributed by atoms with Crippen LogP contribution in [-0.2, 0) is 32.6 Å². The molecular weight excluding hydrogens is 517 g/mol. The Kier molecular flexibility index (Phi) is 10.6. The highest BCUT2D eigenvalue weighted by Gasteiger charge is 2.33. The Balaban J connectivity index is 2.03. The van der Waals surface area contributed by atoms with Crippen LogP contribution in [0, 0.1) is 12.7 Å². The summed E-state index contributed by atoms with van der Waals surface area (Å²) < 4.78 is 40.8. The molecule has 1 atom stereocenters. The molecule has 0 saturated heterocycles. The molecule has 7 nitrogen and oxygen atoms in total. The average molecular weight is 554 g/mol. The van der Waals surface area contributed by atoms with E-state index < -0.39 is 34.3 Å². The number of carbonyl (C=O) groups is 2. The summed E-state index contributed by atoms with van der Waals surface area (Å²) in [5, 5.41) is 2.93. The number of nitrogens with one attached hydrogen (secondary N) is 1. The molecule has 0 fully saturated rings. The lowest BCUT2D eigenvalue weighted by molar-refractivity contribution is -0.140. The largest absolute Gasteiger partial charge is 0.354 e. The van der Waals surface area contributed by atoms with Crippen LogP contribution in [-0.4, -0.2) is 50.5 Å². The first-order chi connectivity index (χ1) is 18.6. The van der Waals surface area contributed by atoms with Crippen molar-refractivity contribution in [3.8, 4) is 0 Å². The monoisotopic (exact) mass is 553 g/mol. The molecule has 0 unspecified atom stereocenters. The smallest absolute Gasteiger partial charge is 0.244 e. The van der Waals surface area contributed by atoms with E-state index in [-0.39, 0.29) is 24.6 Å². The number of amides is 2. The maximum atomic E-state index is 14.7. The number of aryl methyl sites for hydroxylation is 1. The van der Waals surface area contributed by atoms with Gasteiger partial charge >= 0.3 is 0 Å². The Hall–Kier alpha value is -3.72. The number of sulfonamides is 1. The zero-order chi connectivity index (χ0) is 28.4. The van der Waals surface area contributed by atoms with E-state index in [1.807, 2.05) is 68.4 Å². The van der Waals surface area contributed by atoms with Gasteiger partial charge in [0, 0.05) is 19.5 Å². The highest BCUT2D eigenvalue weighted by atomic mass is 32.2. The molecule has 0 heterocycles. The van der Waals surface area contributed by atoms with Crippen LogP contribution >= 0.6 is 0 Å². The number of benzene rings is 3. The standard InChI is InChI=1S/C30H36FN3O4S/c1-4-5-19-32-30(36)28(20-24-11-7-6-8-12-24)33(21-25-17-15-23(2)16-18-25)29(35)22-34(39(3,37)38)27-14-10-9-13-26(27)31/h6-18,28H,4-5,19-22H2,1-3H3,(H,32,36)/t28-/m1/s1. The van der Waals surface area contributed by atoms with Crippen molar-refractivity contribution in [1.82, 2.24) is 10.2 Å². The summed E-state index contributed by atoms with van der Waals surface area (Å²) in [6, 6.07) is 21.4. The van der Waals surface area contributed by atoms with E-state index >= 15 is 0 Å². The maximum Gasteiger partial charge on any atom is 0.244 e. The van der Waals surface area contributed by atoms with Crippen LogP contribution in [0.25, 0.3) is 0 Å². The van der Waals surface area contributed by atoms with Crippen LogP contribution in [0.1, 0.15) is 36.5 Å². The Morgan fingerprint density at radius 1 is 0.923 bits per heavy atom. The second-order valence-corrected chi connectivity index (χ2v) is 11.5. The molecule has 0 aliphatic heterocycles. The normalized spacial score (nSPS) is 12.0. The first-order valence-corrected chi connectivity index (χ1v) is 14.8. The molecule has 3 aromatic rings. The first-order valence-electron chi connectivity index (χ1n) is 13.0. The summed E-state index contributed by atoms with van der Waals surface area (Å²) in [5.74, 6) is -1.71. The van der Waals surface area contributed by atoms with Gasteiger partial charge in [0.05, 0.1) is 11.9 Å². The Bertz CT molecular complexity index is 1350. The van der Waals surface area contributed by atoms with E-state index in [9.17, 15) is 22.4 Å². The number of nitrogens with zero attached hydrogens (tertiary/aromatic N) is 2. The molecule has 2 amide bonds. The first kappa shape index (κ1) is 29.8. The summed E-state index contributed by atoms with van der Waals surface area (Å²) in [4.78, 5) is 28.9. The summed E-state index contributed by atoms with van der Waals surface area (Å²) in [7, 11) is -4.02. The van der Waals surface area contributed by atoms with Crippen molar-refractivity contribution in [2.75, 3.05) is 23.7 Å². The van der Waals surface area contributed by atoms with Crippen molar-refractivity contribution in [1.29, 1.82) is 0 Å². The molecule has 0 aromatic heterocycles. The molecule has 208 valence electrons. The van der Waals surface area contributed by atoms with Crippen LogP contribution in [0.3, 0.4) is 0 Å². The molecule has 9 heteroatoms. The van der Waals surface area contributed by atoms with Crippen LogP contribution in [0.5, 0.6) is 0 Å². The zero-order valence-electron chi connectivity index (χ0n) is 22.6. The van der Waals surface area contributed by atoms with Gasteiger partial charge in [0.25, 0.3) is 0 Å². The van der Waals surface area contributed by atoms with E-state index in [0.717, 1.165) is 46.2 Å². The Labute approximate surface area is 230 Å². The molecule has 0 aliphatic carbocycles. The highest BCUT2D eigenvalue weighted by molar-refractivity contribution is 7.92. The summed E-state index contributed by atoms with van der Waals surface area (Å²) >= 11 is 0. The lowest BCUT2D eigenvalue weighted by atomic mass is 10.0. The number of unbranched alkanes of at least 4 members (excludes halogenated alkanes) is 1. The van der Waals surface area contributed by atoms with E-state index in [4.69, 9.17) is 0 Å². The van der Waals surface area contributed by atoms with Gasteiger partial charge < -0.3 is 10.2 Å². The van der Waals surface area contributed by atoms with Gasteiger partial charge in [-0.25, -0.2) is 12.8 Å². The van der Waals surface area contributed by atoms with Gasteiger partial charge in [-0.1, -0.05) is 85.6 Å². The number of hydrogen-bond donors (Lipinski definition) is 1. The number of anilines is 1. The second kappa shape index (κ2) is 13.9. The molecule has 3 rings (SSSR count). The number of para-hydroxylation sites is 1. The van der Waals surface area contributed by atoms with Crippen molar-refractivity contribution in [3.63, 3.8) is 0 Å². The summed E-state index contributed by atoms with van der Waals surface area (Å²) in [6.07, 6.45) is 2.83. The molecule has 3 aromatic carbocycles. The SMILES string of the molecule is CCCCNC(=O)[C@@H](Cc1ccccc1)N(Cc1ccc(C)cc1)C(=O)CN(c1ccccc1F)S(C)(=O)=O. The van der Waals surface area contributed by atoms with Crippen LogP contribution in [0.2, 0.25) is 0 Å². The lowest BCUT2D eigenvalue weighted by Crippen LogP contribution is -2.53. The fourth-order valence-corrected chi connectivity index (χ4v) is 5.05. The van der Waals surface area contributed by atoms with Gasteiger partial charge in [-0.05, 0) is 36.6 Å². The zero-order valence-corrected chi connectivity index (χ0v) is 23.5. The number of rotatable bonds is 13. The number of halogens is 1. The van der Waals surface area contributed by atoms with Crippen molar-refractivity contribution in [3.05, 3.63) is 101 Å². The summed E-state index contributed by atoms with van der Waals surface area (Å²) in [6.45, 7) is 3.84. The molecule has 39 heavy (non-hydrogen) atoms. The third-order valence-corrected chi connectivity index (χ3v) is 7.50. The quantitative estimate of drug-likeness (QED) is 0.317. The van der Waals surface area contributed by atoms with Gasteiger partial charge in [0.2, 0.25) is 21.8 Å². The van der Waals surface area contributed by atoms with Gasteiger partial charge in [-0.15, -0.1) is 0 Å². The third-order valence-electron chi connectivity index (χ3n) is 6.37. The van der Waals surface area contributed by atoms with Gasteiger partial charge in [-0.2, -0.15) is 0 Å². The van der Waals surface area contributed by atoms with E-state index in [2.05, 4.69) is 5.32 Å². The van der Waals surface area contributed by atoms with Crippen LogP contribution in [0.15, 0.2) is 78.9 Å². The number of hydrogen-bond acceptors (Lipinski definition) is 4. The van der Waals surface area contributed by atoms with Gasteiger partial charge in [-0.3, -0.25) is 13.9 Å². The van der Waals surface area contributed by atoms with Crippen molar-refractivity contribution in [2.45, 2.75) is 45.7 Å². The van der Waals surface area contributed by atoms with Crippen molar-refractivity contribution >= 4 is 27.5 Å². The number of carbonyl (C=O) groups excluding carboxylic acids is 2. The van der Waals surface area contributed by atoms with Crippen molar-refractivity contribution < 1.29 is 22.4 Å². The Morgan fingerprint density at radius 2 is 1.56 bits per heavy atom. The fourth-order valence-electron chi connectivity index (χ4n) is 4.20. The maximum absolute atomic E-state index is 14.7. The predicted octanol–water partition coefficient (Wildman–Crippen LogP) is 4.46. The molecule has 0 saturated carbocycles. The lowest BCUT2D eigenvalue weighted by Gasteiger charge is -2.33. The third kappa shape index (κ3) is 8.64. The summed E-state index contributed by atoms with van der Waals surface area (Å²) in [5.41, 5.74) is 2.45. The van der Waals surface area contributed by atoms with E-state index in [0.29, 0.717) is 6.54 Å². The minimum atomic E-state index is -4.02. The van der Waals surface area contributed by atoms with Crippen molar-refractivity contribution in [2.24, 2.45) is 0 Å². The molecule has 1 N–H and O–H groups in total. The molecule has 0 bridgehead atoms.